The Morgan fingerprint density at radius 1 is 0.617 bits per heavy atom. The van der Waals surface area contributed by atoms with E-state index in [4.69, 9.17) is 23.7 Å². The molecule has 0 aromatic heterocycles. The molecule has 1 fully saturated rings. The Labute approximate surface area is 289 Å². The molecule has 0 saturated carbocycles. The largest absolute Gasteiger partial charge is 0.492 e. The van der Waals surface area contributed by atoms with Gasteiger partial charge in [-0.3, -0.25) is 0 Å². The van der Waals surface area contributed by atoms with Crippen LogP contribution in [0.2, 0.25) is 0 Å². The fraction of sp³-hybridized carbons (Fsp3) is 0.619. The Morgan fingerprint density at radius 3 is 1.49 bits per heavy atom. The van der Waals surface area contributed by atoms with Gasteiger partial charge in [-0.1, -0.05) is 65.2 Å². The van der Waals surface area contributed by atoms with Crippen LogP contribution >= 0.6 is 0 Å². The normalized spacial score (nSPS) is 16.3. The molecule has 1 aliphatic rings. The molecule has 0 bridgehead atoms. The van der Waals surface area contributed by atoms with Crippen LogP contribution < -0.4 is 18.9 Å². The quantitative estimate of drug-likeness (QED) is 0.110. The van der Waals surface area contributed by atoms with E-state index in [2.05, 4.69) is 92.7 Å². The minimum absolute atomic E-state index is 0.143. The third kappa shape index (κ3) is 15.2. The summed E-state index contributed by atoms with van der Waals surface area (Å²) in [5.74, 6) is 2.52. The zero-order valence-electron chi connectivity index (χ0n) is 32.6. The Morgan fingerprint density at radius 2 is 1.04 bits per heavy atom. The predicted molar refractivity (Wildman–Crippen MR) is 202 cm³/mol. The molecule has 266 valence electrons. The maximum Gasteiger partial charge on any atom is 0.207 e. The van der Waals surface area contributed by atoms with E-state index in [0.717, 1.165) is 36.8 Å². The SMILES string of the molecule is CC/C=C(\C)CC/C=C(\C)CC/C=C(\C)CCC1OC1(C)C.COc1c(C)c(C/C=C(\C)CCC=C(C)C)c(OC)c(OC)c1OC. The minimum atomic E-state index is 0.143. The van der Waals surface area contributed by atoms with Crippen LogP contribution in [-0.4, -0.2) is 40.1 Å². The van der Waals surface area contributed by atoms with E-state index in [1.807, 2.05) is 6.92 Å². The average Bonchev–Trinajstić information content (AvgIpc) is 3.64. The molecule has 5 heteroatoms. The molecule has 1 aromatic rings. The van der Waals surface area contributed by atoms with Gasteiger partial charge in [0.2, 0.25) is 11.5 Å². The van der Waals surface area contributed by atoms with Gasteiger partial charge in [-0.05, 0) is 127 Å². The fourth-order valence-electron chi connectivity index (χ4n) is 5.71. The van der Waals surface area contributed by atoms with Crippen LogP contribution in [0.15, 0.2) is 58.2 Å². The van der Waals surface area contributed by atoms with Crippen LogP contribution in [0.1, 0.15) is 131 Å². The number of hydrogen-bond acceptors (Lipinski definition) is 5. The van der Waals surface area contributed by atoms with Gasteiger partial charge in [0.1, 0.15) is 0 Å². The van der Waals surface area contributed by atoms with Crippen LogP contribution in [0.3, 0.4) is 0 Å². The molecule has 1 aromatic carbocycles. The highest BCUT2D eigenvalue weighted by molar-refractivity contribution is 5.67. The number of benzene rings is 1. The van der Waals surface area contributed by atoms with Crippen molar-refractivity contribution in [3.05, 3.63) is 69.4 Å². The van der Waals surface area contributed by atoms with Crippen molar-refractivity contribution in [1.82, 2.24) is 0 Å². The molecule has 1 atom stereocenters. The molecule has 1 saturated heterocycles. The number of hydrogen-bond donors (Lipinski definition) is 0. The first-order chi connectivity index (χ1) is 22.3. The summed E-state index contributed by atoms with van der Waals surface area (Å²) >= 11 is 0. The lowest BCUT2D eigenvalue weighted by Gasteiger charge is -2.21. The van der Waals surface area contributed by atoms with E-state index < -0.39 is 0 Å². The Kier molecular flexibility index (Phi) is 19.6. The van der Waals surface area contributed by atoms with Gasteiger partial charge in [0.15, 0.2) is 11.5 Å². The topological polar surface area (TPSA) is 49.5 Å². The van der Waals surface area contributed by atoms with Crippen molar-refractivity contribution in [3.63, 3.8) is 0 Å². The number of allylic oxidation sites excluding steroid dienone is 10. The van der Waals surface area contributed by atoms with Gasteiger partial charge in [-0.2, -0.15) is 0 Å². The van der Waals surface area contributed by atoms with Gasteiger partial charge in [-0.15, -0.1) is 0 Å². The van der Waals surface area contributed by atoms with Crippen LogP contribution in [0.4, 0.5) is 0 Å². The molecule has 0 N–H and O–H groups in total. The molecule has 0 aliphatic carbocycles. The van der Waals surface area contributed by atoms with Gasteiger partial charge in [0, 0.05) is 11.1 Å². The van der Waals surface area contributed by atoms with Crippen molar-refractivity contribution in [2.75, 3.05) is 28.4 Å². The standard InChI is InChI=1S/C21H32O4.C21H36O/c1-14(2)10-9-11-15(3)12-13-17-16(4)18(22-5)20(24-7)21(25-8)19(17)23-6;1-7-10-17(2)11-8-12-18(3)13-9-14-19(4)15-16-20-21(5,6)22-20/h10,12H,9,11,13H2,1-8H3;10,12,14,20H,7-9,11,13,15-16H2,1-6H3/b15-12+;17-10+,18-12+,19-14+. The number of epoxide rings is 1. The second-order valence-electron chi connectivity index (χ2n) is 13.7. The lowest BCUT2D eigenvalue weighted by Crippen LogP contribution is -2.04. The van der Waals surface area contributed by atoms with Crippen LogP contribution in [0.25, 0.3) is 0 Å². The zero-order valence-corrected chi connectivity index (χ0v) is 32.6. The molecule has 2 rings (SSSR count). The monoisotopic (exact) mass is 653 g/mol. The summed E-state index contributed by atoms with van der Waals surface area (Å²) in [5, 5.41) is 0. The van der Waals surface area contributed by atoms with Gasteiger partial charge in [0.05, 0.1) is 40.1 Å². The summed E-state index contributed by atoms with van der Waals surface area (Å²) in [6, 6.07) is 0. The highest BCUT2D eigenvalue weighted by atomic mass is 16.6. The smallest absolute Gasteiger partial charge is 0.207 e. The molecule has 0 spiro atoms. The predicted octanol–water partition coefficient (Wildman–Crippen LogP) is 12.0. The Balaban J connectivity index is 0.000000474. The first-order valence-electron chi connectivity index (χ1n) is 17.5. The van der Waals surface area contributed by atoms with E-state index in [0.29, 0.717) is 29.1 Å². The summed E-state index contributed by atoms with van der Waals surface area (Å²) in [7, 11) is 6.50. The molecule has 0 radical (unpaired) electrons. The van der Waals surface area contributed by atoms with Crippen molar-refractivity contribution in [1.29, 1.82) is 0 Å². The van der Waals surface area contributed by atoms with Crippen molar-refractivity contribution < 1.29 is 23.7 Å². The van der Waals surface area contributed by atoms with Crippen LogP contribution in [0.5, 0.6) is 23.0 Å². The van der Waals surface area contributed by atoms with Gasteiger partial charge >= 0.3 is 0 Å². The number of ether oxygens (including phenoxy) is 5. The van der Waals surface area contributed by atoms with Crippen molar-refractivity contribution >= 4 is 0 Å². The van der Waals surface area contributed by atoms with E-state index in [9.17, 15) is 0 Å². The minimum Gasteiger partial charge on any atom is -0.492 e. The summed E-state index contributed by atoms with van der Waals surface area (Å²) in [4.78, 5) is 0. The van der Waals surface area contributed by atoms with Crippen molar-refractivity contribution in [2.45, 2.75) is 145 Å². The summed E-state index contributed by atoms with van der Waals surface area (Å²) in [6.07, 6.45) is 23.3. The van der Waals surface area contributed by atoms with Gasteiger partial charge < -0.3 is 23.7 Å². The lowest BCUT2D eigenvalue weighted by molar-refractivity contribution is 0.302. The molecule has 1 aliphatic heterocycles. The molecule has 0 amide bonds. The first kappa shape index (κ1) is 42.1. The molecule has 47 heavy (non-hydrogen) atoms. The van der Waals surface area contributed by atoms with E-state index >= 15 is 0 Å². The first-order valence-corrected chi connectivity index (χ1v) is 17.5. The molecule has 1 heterocycles. The third-order valence-electron chi connectivity index (χ3n) is 8.83. The second-order valence-corrected chi connectivity index (χ2v) is 13.7. The van der Waals surface area contributed by atoms with Gasteiger partial charge in [0.25, 0.3) is 0 Å². The van der Waals surface area contributed by atoms with Crippen LogP contribution in [0, 0.1) is 6.92 Å². The number of methoxy groups -OCH3 is 4. The van der Waals surface area contributed by atoms with Crippen molar-refractivity contribution in [3.8, 4) is 23.0 Å². The molecular weight excluding hydrogens is 584 g/mol. The average molecular weight is 653 g/mol. The Bertz CT molecular complexity index is 1250. The highest BCUT2D eigenvalue weighted by Crippen LogP contribution is 2.49. The second kappa shape index (κ2) is 21.9. The third-order valence-corrected chi connectivity index (χ3v) is 8.83. The molecular formula is C42H68O5. The van der Waals surface area contributed by atoms with E-state index in [1.165, 1.54) is 66.4 Å². The van der Waals surface area contributed by atoms with E-state index in [-0.39, 0.29) is 5.60 Å². The number of rotatable bonds is 19. The molecule has 5 nitrogen and oxygen atoms in total. The van der Waals surface area contributed by atoms with Crippen LogP contribution in [-0.2, 0) is 11.2 Å². The van der Waals surface area contributed by atoms with Crippen molar-refractivity contribution in [2.24, 2.45) is 0 Å². The van der Waals surface area contributed by atoms with E-state index in [1.54, 1.807) is 28.4 Å². The maximum atomic E-state index is 5.64. The van der Waals surface area contributed by atoms with Gasteiger partial charge in [-0.25, -0.2) is 0 Å². The highest BCUT2D eigenvalue weighted by Gasteiger charge is 2.46. The lowest BCUT2D eigenvalue weighted by atomic mass is 9.99. The summed E-state index contributed by atoms with van der Waals surface area (Å²) in [6.45, 7) is 21.8. The zero-order chi connectivity index (χ0) is 35.6. The Hall–Kier alpha value is -2.92. The fourth-order valence-corrected chi connectivity index (χ4v) is 5.71. The molecule has 1 unspecified atom stereocenters. The summed E-state index contributed by atoms with van der Waals surface area (Å²) in [5.41, 5.74) is 9.48. The summed E-state index contributed by atoms with van der Waals surface area (Å²) < 4.78 is 27.9. The maximum absolute atomic E-state index is 5.64.